The largest absolute Gasteiger partial charge is 0.457 e. The highest BCUT2D eigenvalue weighted by atomic mass is 16.5. The average Bonchev–Trinajstić information content (AvgIpc) is 3.45. The molecule has 3 aromatic heterocycles. The summed E-state index contributed by atoms with van der Waals surface area (Å²) in [5.41, 5.74) is 4.14. The number of hydrogen-bond acceptors (Lipinski definition) is 5. The standard InChI is InChI=1S/C28H21N5O/c1-31-12-13-32(18-31)20-7-5-8-21(14-20)34-22-15-23-28-25(16-22)33(26-10-2-3-11-29-26)24-9-4-6-19(17-30-23)27(24)28/h2-17H,18H2,1H3. The summed E-state index contributed by atoms with van der Waals surface area (Å²) >= 11 is 0. The lowest BCUT2D eigenvalue weighted by atomic mass is 10.1. The quantitative estimate of drug-likeness (QED) is 0.306. The Morgan fingerprint density at radius 3 is 2.59 bits per heavy atom. The molecule has 0 N–H and O–H groups in total. The SMILES string of the molecule is CN1C=CN(c2cccc(Oc3cc4ncc5cccc6c5c4c(c3)n6-c3ccccn3)c2)C1. The second-order valence-corrected chi connectivity index (χ2v) is 8.63. The predicted molar refractivity (Wildman–Crippen MR) is 136 cm³/mol. The zero-order chi connectivity index (χ0) is 22.6. The maximum atomic E-state index is 6.39. The number of aromatic nitrogens is 3. The van der Waals surface area contributed by atoms with E-state index in [0.29, 0.717) is 0 Å². The first-order valence-corrected chi connectivity index (χ1v) is 11.2. The van der Waals surface area contributed by atoms with Gasteiger partial charge in [-0.25, -0.2) is 4.98 Å². The highest BCUT2D eigenvalue weighted by Gasteiger charge is 2.19. The zero-order valence-corrected chi connectivity index (χ0v) is 18.6. The van der Waals surface area contributed by atoms with Crippen LogP contribution in [0.4, 0.5) is 5.69 Å². The summed E-state index contributed by atoms with van der Waals surface area (Å²) in [7, 11) is 2.06. The third-order valence-corrected chi connectivity index (χ3v) is 6.36. The van der Waals surface area contributed by atoms with Gasteiger partial charge in [-0.3, -0.25) is 9.55 Å². The third kappa shape index (κ3) is 2.89. The maximum absolute atomic E-state index is 6.39. The van der Waals surface area contributed by atoms with Gasteiger partial charge < -0.3 is 14.5 Å². The highest BCUT2D eigenvalue weighted by Crippen LogP contribution is 2.40. The van der Waals surface area contributed by atoms with Crippen LogP contribution in [0.5, 0.6) is 11.5 Å². The molecule has 7 rings (SSSR count). The molecule has 0 atom stereocenters. The van der Waals surface area contributed by atoms with Crippen molar-refractivity contribution in [1.82, 2.24) is 19.4 Å². The van der Waals surface area contributed by atoms with Crippen LogP contribution in [0.15, 0.2) is 97.6 Å². The monoisotopic (exact) mass is 443 g/mol. The molecule has 6 nitrogen and oxygen atoms in total. The molecule has 0 unspecified atom stereocenters. The van der Waals surface area contributed by atoms with Crippen molar-refractivity contribution < 1.29 is 4.74 Å². The van der Waals surface area contributed by atoms with E-state index in [1.165, 1.54) is 5.39 Å². The molecule has 6 aromatic rings. The minimum Gasteiger partial charge on any atom is -0.457 e. The summed E-state index contributed by atoms with van der Waals surface area (Å²) in [6.45, 7) is 0.820. The number of rotatable bonds is 4. The normalized spacial score (nSPS) is 13.7. The molecule has 0 aliphatic carbocycles. The molecule has 0 bridgehead atoms. The molecular weight excluding hydrogens is 422 g/mol. The van der Waals surface area contributed by atoms with Crippen molar-refractivity contribution in [3.05, 3.63) is 97.6 Å². The molecule has 3 aromatic carbocycles. The van der Waals surface area contributed by atoms with Crippen molar-refractivity contribution in [1.29, 1.82) is 0 Å². The zero-order valence-electron chi connectivity index (χ0n) is 18.6. The molecule has 164 valence electrons. The predicted octanol–water partition coefficient (Wildman–Crippen LogP) is 6.14. The van der Waals surface area contributed by atoms with Crippen LogP contribution >= 0.6 is 0 Å². The first kappa shape index (κ1) is 18.9. The molecule has 34 heavy (non-hydrogen) atoms. The molecule has 0 spiro atoms. The number of hydrogen-bond donors (Lipinski definition) is 0. The summed E-state index contributed by atoms with van der Waals surface area (Å²) in [4.78, 5) is 13.7. The molecule has 4 heterocycles. The Bertz CT molecular complexity index is 1690. The minimum atomic E-state index is 0.745. The van der Waals surface area contributed by atoms with Crippen LogP contribution < -0.4 is 9.64 Å². The van der Waals surface area contributed by atoms with Crippen molar-refractivity contribution in [2.45, 2.75) is 0 Å². The summed E-state index contributed by atoms with van der Waals surface area (Å²) in [5.74, 6) is 2.40. The molecule has 0 fully saturated rings. The average molecular weight is 444 g/mol. The lowest BCUT2D eigenvalue weighted by molar-refractivity contribution is 0.481. The van der Waals surface area contributed by atoms with E-state index in [-0.39, 0.29) is 0 Å². The molecule has 1 aliphatic rings. The van der Waals surface area contributed by atoms with Crippen molar-refractivity contribution >= 4 is 38.4 Å². The fourth-order valence-corrected chi connectivity index (χ4v) is 4.86. The van der Waals surface area contributed by atoms with Crippen LogP contribution in [0.25, 0.3) is 38.5 Å². The van der Waals surface area contributed by atoms with Gasteiger partial charge in [-0.1, -0.05) is 24.3 Å². The molecule has 1 aliphatic heterocycles. The highest BCUT2D eigenvalue weighted by molar-refractivity contribution is 6.23. The Kier molecular flexibility index (Phi) is 4.02. The van der Waals surface area contributed by atoms with Gasteiger partial charge in [-0.2, -0.15) is 0 Å². The molecule has 0 radical (unpaired) electrons. The van der Waals surface area contributed by atoms with Gasteiger partial charge in [-0.05, 0) is 30.3 Å². The summed E-state index contributed by atoms with van der Waals surface area (Å²) in [6.07, 6.45) is 7.90. The van der Waals surface area contributed by atoms with Gasteiger partial charge in [0.25, 0.3) is 0 Å². The van der Waals surface area contributed by atoms with E-state index in [1.807, 2.05) is 48.8 Å². The van der Waals surface area contributed by atoms with Crippen LogP contribution in [0.2, 0.25) is 0 Å². The number of pyridine rings is 2. The van der Waals surface area contributed by atoms with Crippen LogP contribution in [0.1, 0.15) is 0 Å². The van der Waals surface area contributed by atoms with E-state index in [0.717, 1.165) is 57.0 Å². The van der Waals surface area contributed by atoms with Crippen LogP contribution in [-0.4, -0.2) is 33.2 Å². The van der Waals surface area contributed by atoms with E-state index < -0.39 is 0 Å². The molecular formula is C28H21N5O. The Morgan fingerprint density at radius 2 is 1.74 bits per heavy atom. The van der Waals surface area contributed by atoms with E-state index >= 15 is 0 Å². The van der Waals surface area contributed by atoms with E-state index in [1.54, 1.807) is 0 Å². The Balaban J connectivity index is 1.39. The second-order valence-electron chi connectivity index (χ2n) is 8.63. The third-order valence-electron chi connectivity index (χ3n) is 6.36. The molecule has 6 heteroatoms. The molecule has 0 amide bonds. The van der Waals surface area contributed by atoms with E-state index in [2.05, 4.69) is 75.2 Å². The smallest absolute Gasteiger partial charge is 0.137 e. The fourth-order valence-electron chi connectivity index (χ4n) is 4.86. The maximum Gasteiger partial charge on any atom is 0.137 e. The number of ether oxygens (including phenoxy) is 1. The second kappa shape index (κ2) is 7.22. The van der Waals surface area contributed by atoms with Crippen LogP contribution in [0, 0.1) is 0 Å². The van der Waals surface area contributed by atoms with Gasteiger partial charge in [0.2, 0.25) is 0 Å². The number of benzene rings is 3. The van der Waals surface area contributed by atoms with Gasteiger partial charge >= 0.3 is 0 Å². The van der Waals surface area contributed by atoms with Gasteiger partial charge in [0.1, 0.15) is 17.3 Å². The van der Waals surface area contributed by atoms with Crippen LogP contribution in [0.3, 0.4) is 0 Å². The topological polar surface area (TPSA) is 46.4 Å². The first-order valence-electron chi connectivity index (χ1n) is 11.2. The summed E-state index contributed by atoms with van der Waals surface area (Å²) < 4.78 is 8.59. The summed E-state index contributed by atoms with van der Waals surface area (Å²) in [6, 6.07) is 24.6. The van der Waals surface area contributed by atoms with Crippen molar-refractivity contribution in [2.75, 3.05) is 18.6 Å². The Hall–Kier alpha value is -4.58. The van der Waals surface area contributed by atoms with Crippen molar-refractivity contribution in [2.24, 2.45) is 0 Å². The van der Waals surface area contributed by atoms with Crippen molar-refractivity contribution in [3.63, 3.8) is 0 Å². The molecule has 0 saturated carbocycles. The lowest BCUT2D eigenvalue weighted by Gasteiger charge is -2.19. The van der Waals surface area contributed by atoms with Crippen LogP contribution in [-0.2, 0) is 0 Å². The van der Waals surface area contributed by atoms with Gasteiger partial charge in [0.05, 0.1) is 23.2 Å². The number of anilines is 1. The van der Waals surface area contributed by atoms with E-state index in [9.17, 15) is 0 Å². The van der Waals surface area contributed by atoms with Crippen molar-refractivity contribution in [3.8, 4) is 17.3 Å². The summed E-state index contributed by atoms with van der Waals surface area (Å²) in [5, 5.41) is 3.45. The fraction of sp³-hybridized carbons (Fsp3) is 0.0714. The molecule has 0 saturated heterocycles. The van der Waals surface area contributed by atoms with E-state index in [4.69, 9.17) is 9.72 Å². The van der Waals surface area contributed by atoms with Gasteiger partial charge in [0.15, 0.2) is 0 Å². The van der Waals surface area contributed by atoms with Gasteiger partial charge in [0, 0.05) is 71.9 Å². The Morgan fingerprint density at radius 1 is 0.794 bits per heavy atom. The lowest BCUT2D eigenvalue weighted by Crippen LogP contribution is -2.21. The first-order chi connectivity index (χ1) is 16.7. The Labute approximate surface area is 196 Å². The minimum absolute atomic E-state index is 0.745. The number of nitrogens with zero attached hydrogens (tertiary/aromatic N) is 5. The van der Waals surface area contributed by atoms with Gasteiger partial charge in [-0.15, -0.1) is 0 Å².